The first-order valence-corrected chi connectivity index (χ1v) is 7.37. The van der Waals surface area contributed by atoms with Gasteiger partial charge in [-0.3, -0.25) is 4.79 Å². The number of nitrogens with two attached hydrogens (primary N) is 1. The molecule has 0 spiro atoms. The number of hydrogen-bond donors (Lipinski definition) is 1. The predicted molar refractivity (Wildman–Crippen MR) is 77.2 cm³/mol. The van der Waals surface area contributed by atoms with Gasteiger partial charge in [0.2, 0.25) is 5.91 Å². The smallest absolute Gasteiger partial charge is 0.230 e. The minimum Gasteiger partial charge on any atom is -0.327 e. The summed E-state index contributed by atoms with van der Waals surface area (Å²) in [7, 11) is 0. The van der Waals surface area contributed by atoms with Gasteiger partial charge in [0.1, 0.15) is 0 Å². The Morgan fingerprint density at radius 1 is 1.47 bits per heavy atom. The van der Waals surface area contributed by atoms with E-state index < -0.39 is 0 Å². The summed E-state index contributed by atoms with van der Waals surface area (Å²) in [6.07, 6.45) is 5.08. The van der Waals surface area contributed by atoms with E-state index in [1.165, 1.54) is 11.1 Å². The van der Waals surface area contributed by atoms with Crippen molar-refractivity contribution in [2.45, 2.75) is 45.1 Å². The summed E-state index contributed by atoms with van der Waals surface area (Å²) < 4.78 is 0. The van der Waals surface area contributed by atoms with Crippen LogP contribution in [0.3, 0.4) is 0 Å². The van der Waals surface area contributed by atoms with E-state index in [9.17, 15) is 4.79 Å². The van der Waals surface area contributed by atoms with E-state index in [4.69, 9.17) is 5.73 Å². The van der Waals surface area contributed by atoms with Crippen molar-refractivity contribution in [3.63, 3.8) is 0 Å². The van der Waals surface area contributed by atoms with Crippen molar-refractivity contribution in [3.05, 3.63) is 29.3 Å². The third-order valence-corrected chi connectivity index (χ3v) is 4.25. The largest absolute Gasteiger partial charge is 0.327 e. The quantitative estimate of drug-likeness (QED) is 0.900. The van der Waals surface area contributed by atoms with Crippen LogP contribution < -0.4 is 10.6 Å². The lowest BCUT2D eigenvalue weighted by molar-refractivity contribution is -0.119. The molecule has 3 nitrogen and oxygen atoms in total. The molecule has 0 bridgehead atoms. The van der Waals surface area contributed by atoms with Crippen LogP contribution in [0.4, 0.5) is 5.69 Å². The molecule has 1 aliphatic carbocycles. The number of hydrogen-bond acceptors (Lipinski definition) is 2. The second-order valence-electron chi connectivity index (χ2n) is 5.85. The molecule has 0 radical (unpaired) electrons. The average Bonchev–Trinajstić information content (AvgIpc) is 3.18. The molecule has 19 heavy (non-hydrogen) atoms. The Morgan fingerprint density at radius 2 is 2.26 bits per heavy atom. The molecule has 1 fully saturated rings. The molecule has 1 atom stereocenters. The van der Waals surface area contributed by atoms with Gasteiger partial charge in [0.25, 0.3) is 0 Å². The Morgan fingerprint density at radius 3 is 2.95 bits per heavy atom. The summed E-state index contributed by atoms with van der Waals surface area (Å²) in [5.74, 6) is 0.635. The summed E-state index contributed by atoms with van der Waals surface area (Å²) in [6.45, 7) is 2.97. The Kier molecular flexibility index (Phi) is 3.31. The molecule has 2 N–H and O–H groups in total. The Balaban J connectivity index is 1.77. The van der Waals surface area contributed by atoms with Gasteiger partial charge in [-0.2, -0.15) is 0 Å². The average molecular weight is 258 g/mol. The van der Waals surface area contributed by atoms with Crippen molar-refractivity contribution in [2.24, 2.45) is 11.7 Å². The van der Waals surface area contributed by atoms with Gasteiger partial charge < -0.3 is 10.6 Å². The van der Waals surface area contributed by atoms with Crippen molar-refractivity contribution in [1.82, 2.24) is 0 Å². The van der Waals surface area contributed by atoms with E-state index in [2.05, 4.69) is 25.1 Å². The summed E-state index contributed by atoms with van der Waals surface area (Å²) in [6, 6.07) is 6.72. The normalized spacial score (nSPS) is 19.4. The van der Waals surface area contributed by atoms with Crippen molar-refractivity contribution >= 4 is 11.6 Å². The third-order valence-electron chi connectivity index (χ3n) is 4.25. The fourth-order valence-electron chi connectivity index (χ4n) is 2.81. The van der Waals surface area contributed by atoms with Gasteiger partial charge in [0.05, 0.1) is 0 Å². The lowest BCUT2D eigenvalue weighted by Gasteiger charge is -2.17. The van der Waals surface area contributed by atoms with Gasteiger partial charge in [-0.25, -0.2) is 0 Å². The maximum Gasteiger partial charge on any atom is 0.230 e. The highest BCUT2D eigenvalue weighted by atomic mass is 16.2. The number of nitrogens with zero attached hydrogens (tertiary/aromatic N) is 1. The highest BCUT2D eigenvalue weighted by molar-refractivity contribution is 5.98. The first-order valence-electron chi connectivity index (χ1n) is 7.37. The highest BCUT2D eigenvalue weighted by Crippen LogP contribution is 2.36. The summed E-state index contributed by atoms with van der Waals surface area (Å²) >= 11 is 0. The molecule has 1 saturated carbocycles. The van der Waals surface area contributed by atoms with E-state index in [1.54, 1.807) is 0 Å². The maximum atomic E-state index is 12.2. The second kappa shape index (κ2) is 4.97. The van der Waals surface area contributed by atoms with Gasteiger partial charge in [0.15, 0.2) is 0 Å². The summed E-state index contributed by atoms with van der Waals surface area (Å²) in [5.41, 5.74) is 9.75. The number of amides is 1. The zero-order valence-electron chi connectivity index (χ0n) is 11.6. The van der Waals surface area contributed by atoms with Crippen LogP contribution in [0, 0.1) is 5.92 Å². The molecule has 3 rings (SSSR count). The third kappa shape index (κ3) is 2.52. The lowest BCUT2D eigenvalue weighted by Crippen LogP contribution is -2.30. The van der Waals surface area contributed by atoms with E-state index >= 15 is 0 Å². The number of fused-ring (bicyclic) bond motifs is 1. The van der Waals surface area contributed by atoms with Crippen LogP contribution in [0.1, 0.15) is 37.3 Å². The molecule has 1 unspecified atom stereocenters. The number of anilines is 1. The Hall–Kier alpha value is -1.35. The van der Waals surface area contributed by atoms with Crippen molar-refractivity contribution in [3.8, 4) is 0 Å². The summed E-state index contributed by atoms with van der Waals surface area (Å²) in [4.78, 5) is 14.2. The van der Waals surface area contributed by atoms with Gasteiger partial charge >= 0.3 is 0 Å². The number of carbonyl (C=O) groups excluding carboxylic acids is 1. The molecule has 1 heterocycles. The van der Waals surface area contributed by atoms with Gasteiger partial charge in [0, 0.05) is 24.2 Å². The van der Waals surface area contributed by atoms with Crippen molar-refractivity contribution < 1.29 is 4.79 Å². The van der Waals surface area contributed by atoms with Crippen LogP contribution in [-0.2, 0) is 17.6 Å². The molecular weight excluding hydrogens is 236 g/mol. The minimum absolute atomic E-state index is 0.239. The zero-order valence-corrected chi connectivity index (χ0v) is 11.6. The molecular formula is C16H22N2O. The monoisotopic (exact) mass is 258 g/mol. The van der Waals surface area contributed by atoms with Crippen LogP contribution in [0.25, 0.3) is 0 Å². The number of carbonyl (C=O) groups is 1. The Labute approximate surface area is 114 Å². The number of benzene rings is 1. The molecule has 0 aromatic heterocycles. The SMILES string of the molecule is CCC(N)Cc1ccc2c(c1)CCN2C(=O)C1CC1. The maximum absolute atomic E-state index is 12.2. The van der Waals surface area contributed by atoms with Gasteiger partial charge in [-0.15, -0.1) is 0 Å². The van der Waals surface area contributed by atoms with Crippen LogP contribution in [0.15, 0.2) is 18.2 Å². The Bertz CT molecular complexity index is 494. The molecule has 1 aromatic rings. The lowest BCUT2D eigenvalue weighted by atomic mass is 10.0. The molecule has 1 aromatic carbocycles. The standard InChI is InChI=1S/C16H22N2O/c1-2-14(17)10-11-3-6-15-13(9-11)7-8-18(15)16(19)12-4-5-12/h3,6,9,12,14H,2,4-5,7-8,10,17H2,1H3. The first kappa shape index (κ1) is 12.7. The van der Waals surface area contributed by atoms with Crippen LogP contribution in [0.5, 0.6) is 0 Å². The molecule has 102 valence electrons. The predicted octanol–water partition coefficient (Wildman–Crippen LogP) is 2.27. The zero-order chi connectivity index (χ0) is 13.4. The van der Waals surface area contributed by atoms with E-state index in [1.807, 2.05) is 4.90 Å². The summed E-state index contributed by atoms with van der Waals surface area (Å²) in [5, 5.41) is 0. The molecule has 1 aliphatic heterocycles. The van der Waals surface area contributed by atoms with E-state index in [-0.39, 0.29) is 6.04 Å². The fourth-order valence-corrected chi connectivity index (χ4v) is 2.81. The van der Waals surface area contributed by atoms with Crippen molar-refractivity contribution in [2.75, 3.05) is 11.4 Å². The number of rotatable bonds is 4. The van der Waals surface area contributed by atoms with Crippen molar-refractivity contribution in [1.29, 1.82) is 0 Å². The van der Waals surface area contributed by atoms with E-state index in [0.717, 1.165) is 44.3 Å². The van der Waals surface area contributed by atoms with Crippen LogP contribution >= 0.6 is 0 Å². The van der Waals surface area contributed by atoms with Gasteiger partial charge in [-0.1, -0.05) is 19.1 Å². The van der Waals surface area contributed by atoms with Crippen LogP contribution in [0.2, 0.25) is 0 Å². The second-order valence-corrected chi connectivity index (χ2v) is 5.85. The highest BCUT2D eigenvalue weighted by Gasteiger charge is 2.36. The molecule has 3 heteroatoms. The fraction of sp³-hybridized carbons (Fsp3) is 0.562. The van der Waals surface area contributed by atoms with E-state index in [0.29, 0.717) is 11.8 Å². The molecule has 2 aliphatic rings. The first-order chi connectivity index (χ1) is 9.19. The van der Waals surface area contributed by atoms with Crippen LogP contribution in [-0.4, -0.2) is 18.5 Å². The molecule has 1 amide bonds. The van der Waals surface area contributed by atoms with Gasteiger partial charge in [-0.05, 0) is 49.3 Å². The topological polar surface area (TPSA) is 46.3 Å². The minimum atomic E-state index is 0.239. The molecule has 0 saturated heterocycles.